The zero-order valence-corrected chi connectivity index (χ0v) is 6.94. The number of carbonyl (C=O) groups is 1. The second-order valence-corrected chi connectivity index (χ2v) is 2.93. The summed E-state index contributed by atoms with van der Waals surface area (Å²) in [6, 6.07) is 0. The van der Waals surface area contributed by atoms with Gasteiger partial charge in [-0.1, -0.05) is 0 Å². The number of nitrogens with zero attached hydrogens (tertiary/aromatic N) is 1. The Labute approximate surface area is 69.7 Å². The van der Waals surface area contributed by atoms with Gasteiger partial charge in [-0.25, -0.2) is 0 Å². The van der Waals surface area contributed by atoms with Crippen LogP contribution in [0.2, 0.25) is 0 Å². The van der Waals surface area contributed by atoms with Crippen molar-refractivity contribution in [3.63, 3.8) is 0 Å². The monoisotopic (exact) mass is 178 g/mol. The number of carbonyl (C=O) groups excluding carboxylic acids is 1. The number of amides is 1. The summed E-state index contributed by atoms with van der Waals surface area (Å²) in [5.41, 5.74) is 0. The fraction of sp³-hybridized carbons (Fsp3) is 0.857. The molecule has 1 amide bonds. The molecule has 3 nitrogen and oxygen atoms in total. The highest BCUT2D eigenvalue weighted by molar-refractivity contribution is 5.83. The van der Waals surface area contributed by atoms with Gasteiger partial charge in [-0.3, -0.25) is 4.79 Å². The average Bonchev–Trinajstić information content (AvgIpc) is 2.03. The summed E-state index contributed by atoms with van der Waals surface area (Å²) in [6.07, 6.45) is 0. The first-order chi connectivity index (χ1) is 5.52. The minimum absolute atomic E-state index is 0.377. The highest BCUT2D eigenvalue weighted by Gasteiger charge is 2.36. The lowest BCUT2D eigenvalue weighted by Gasteiger charge is -2.29. The smallest absolute Gasteiger partial charge is 0.322 e. The minimum atomic E-state index is -3.22. The Morgan fingerprint density at radius 2 is 1.92 bits per heavy atom. The number of rotatable bonds is 1. The summed E-state index contributed by atoms with van der Waals surface area (Å²) >= 11 is 0. The zero-order valence-electron chi connectivity index (χ0n) is 6.94. The molecule has 0 aromatic rings. The third-order valence-corrected chi connectivity index (χ3v) is 1.78. The fourth-order valence-electron chi connectivity index (χ4n) is 1.15. The molecule has 0 atom stereocenters. The molecule has 70 valence electrons. The number of hydrogen-bond acceptors (Lipinski definition) is 2. The van der Waals surface area contributed by atoms with Crippen molar-refractivity contribution in [2.24, 2.45) is 0 Å². The summed E-state index contributed by atoms with van der Waals surface area (Å²) in [5, 5.41) is 2.98. The van der Waals surface area contributed by atoms with Gasteiger partial charge < -0.3 is 10.2 Å². The Morgan fingerprint density at radius 1 is 1.42 bits per heavy atom. The van der Waals surface area contributed by atoms with E-state index in [9.17, 15) is 13.6 Å². The van der Waals surface area contributed by atoms with Gasteiger partial charge in [0.25, 0.3) is 5.91 Å². The average molecular weight is 178 g/mol. The van der Waals surface area contributed by atoms with Gasteiger partial charge in [0.05, 0.1) is 0 Å². The van der Waals surface area contributed by atoms with Crippen LogP contribution in [-0.4, -0.2) is 42.9 Å². The van der Waals surface area contributed by atoms with E-state index in [4.69, 9.17) is 0 Å². The Kier molecular flexibility index (Phi) is 2.62. The van der Waals surface area contributed by atoms with E-state index in [1.807, 2.05) is 0 Å². The molecule has 0 saturated carbocycles. The third kappa shape index (κ3) is 2.14. The fourth-order valence-corrected chi connectivity index (χ4v) is 1.15. The van der Waals surface area contributed by atoms with Crippen molar-refractivity contribution in [2.45, 2.75) is 12.8 Å². The number of nitrogens with one attached hydrogen (secondary N) is 1. The van der Waals surface area contributed by atoms with Crippen molar-refractivity contribution < 1.29 is 13.6 Å². The summed E-state index contributed by atoms with van der Waals surface area (Å²) in [5.74, 6) is -4.29. The summed E-state index contributed by atoms with van der Waals surface area (Å²) in [6.45, 7) is 2.59. The lowest BCUT2D eigenvalue weighted by atomic mass is 10.3. The van der Waals surface area contributed by atoms with Crippen LogP contribution in [0.1, 0.15) is 6.92 Å². The summed E-state index contributed by atoms with van der Waals surface area (Å²) in [7, 11) is 0. The summed E-state index contributed by atoms with van der Waals surface area (Å²) in [4.78, 5) is 12.2. The molecule has 1 aliphatic heterocycles. The van der Waals surface area contributed by atoms with Crippen LogP contribution in [-0.2, 0) is 4.79 Å². The lowest BCUT2D eigenvalue weighted by Crippen LogP contribution is -2.51. The molecular formula is C7H12F2N2O. The third-order valence-electron chi connectivity index (χ3n) is 1.78. The number of piperazine rings is 1. The van der Waals surface area contributed by atoms with Gasteiger partial charge in [-0.15, -0.1) is 0 Å². The van der Waals surface area contributed by atoms with Crippen LogP contribution >= 0.6 is 0 Å². The molecule has 1 saturated heterocycles. The van der Waals surface area contributed by atoms with E-state index in [0.29, 0.717) is 33.1 Å². The maximum absolute atomic E-state index is 12.5. The standard InChI is InChI=1S/C7H12F2N2O/c1-7(8,9)6(12)11-4-2-10-3-5-11/h10H,2-5H2,1H3. The molecule has 5 heteroatoms. The Morgan fingerprint density at radius 3 is 2.33 bits per heavy atom. The summed E-state index contributed by atoms with van der Waals surface area (Å²) < 4.78 is 25.0. The van der Waals surface area contributed by atoms with Gasteiger partial charge >= 0.3 is 5.92 Å². The van der Waals surface area contributed by atoms with E-state index in [-0.39, 0.29) is 0 Å². The van der Waals surface area contributed by atoms with Crippen molar-refractivity contribution in [1.82, 2.24) is 10.2 Å². The maximum atomic E-state index is 12.5. The van der Waals surface area contributed by atoms with Gasteiger partial charge in [0.2, 0.25) is 0 Å². The topological polar surface area (TPSA) is 32.3 Å². The van der Waals surface area contributed by atoms with Crippen LogP contribution in [0, 0.1) is 0 Å². The van der Waals surface area contributed by atoms with Crippen molar-refractivity contribution >= 4 is 5.91 Å². The first-order valence-corrected chi connectivity index (χ1v) is 3.90. The molecule has 0 radical (unpaired) electrons. The van der Waals surface area contributed by atoms with Crippen molar-refractivity contribution in [1.29, 1.82) is 0 Å². The molecule has 1 rings (SSSR count). The van der Waals surface area contributed by atoms with E-state index >= 15 is 0 Å². The molecule has 1 aliphatic rings. The molecule has 0 aromatic carbocycles. The molecule has 1 N–H and O–H groups in total. The molecule has 0 bridgehead atoms. The Hall–Kier alpha value is -0.710. The van der Waals surface area contributed by atoms with Crippen LogP contribution < -0.4 is 5.32 Å². The molecule has 12 heavy (non-hydrogen) atoms. The van der Waals surface area contributed by atoms with E-state index in [2.05, 4.69) is 5.32 Å². The molecular weight excluding hydrogens is 166 g/mol. The largest absolute Gasteiger partial charge is 0.335 e. The van der Waals surface area contributed by atoms with Crippen LogP contribution in [0.4, 0.5) is 8.78 Å². The molecule has 1 heterocycles. The maximum Gasteiger partial charge on any atom is 0.322 e. The number of alkyl halides is 2. The number of halogens is 2. The molecule has 0 spiro atoms. The Bertz CT molecular complexity index is 173. The Balaban J connectivity index is 2.51. The first-order valence-electron chi connectivity index (χ1n) is 3.90. The highest BCUT2D eigenvalue weighted by Crippen LogP contribution is 2.15. The number of hydrogen-bond donors (Lipinski definition) is 1. The minimum Gasteiger partial charge on any atom is -0.335 e. The molecule has 0 aliphatic carbocycles. The van der Waals surface area contributed by atoms with Crippen LogP contribution in [0.3, 0.4) is 0 Å². The molecule has 1 fully saturated rings. The van der Waals surface area contributed by atoms with Crippen LogP contribution in [0.15, 0.2) is 0 Å². The predicted molar refractivity (Wildman–Crippen MR) is 40.1 cm³/mol. The van der Waals surface area contributed by atoms with Gasteiger partial charge in [0.15, 0.2) is 0 Å². The van der Waals surface area contributed by atoms with Gasteiger partial charge in [0.1, 0.15) is 0 Å². The predicted octanol–water partition coefficient (Wildman–Crippen LogP) is 0.0734. The van der Waals surface area contributed by atoms with Crippen LogP contribution in [0.5, 0.6) is 0 Å². The van der Waals surface area contributed by atoms with Gasteiger partial charge in [0, 0.05) is 33.1 Å². The van der Waals surface area contributed by atoms with Crippen LogP contribution in [0.25, 0.3) is 0 Å². The van der Waals surface area contributed by atoms with Gasteiger partial charge in [-0.05, 0) is 0 Å². The van der Waals surface area contributed by atoms with E-state index in [1.54, 1.807) is 0 Å². The quantitative estimate of drug-likeness (QED) is 0.616. The normalized spacial score (nSPS) is 19.4. The first kappa shape index (κ1) is 9.38. The SMILES string of the molecule is CC(F)(F)C(=O)N1CCNCC1. The highest BCUT2D eigenvalue weighted by atomic mass is 19.3. The van der Waals surface area contributed by atoms with E-state index in [1.165, 1.54) is 4.90 Å². The zero-order chi connectivity index (χ0) is 9.19. The second kappa shape index (κ2) is 3.35. The molecule has 0 unspecified atom stereocenters. The van der Waals surface area contributed by atoms with E-state index in [0.717, 1.165) is 0 Å². The van der Waals surface area contributed by atoms with Gasteiger partial charge in [-0.2, -0.15) is 8.78 Å². The van der Waals surface area contributed by atoms with Crippen molar-refractivity contribution in [2.75, 3.05) is 26.2 Å². The second-order valence-electron chi connectivity index (χ2n) is 2.93. The van der Waals surface area contributed by atoms with Crippen molar-refractivity contribution in [3.05, 3.63) is 0 Å². The molecule has 0 aromatic heterocycles. The lowest BCUT2D eigenvalue weighted by molar-refractivity contribution is -0.155. The van der Waals surface area contributed by atoms with Crippen molar-refractivity contribution in [3.8, 4) is 0 Å². The van der Waals surface area contributed by atoms with E-state index < -0.39 is 11.8 Å².